The molecule has 0 aliphatic heterocycles. The predicted octanol–water partition coefficient (Wildman–Crippen LogP) is 1.79. The molecule has 0 unspecified atom stereocenters. The number of carbonyl (C=O) groups excluding carboxylic acids is 1. The molecule has 0 fully saturated rings. The quantitative estimate of drug-likeness (QED) is 0.789. The molecule has 0 aromatic carbocycles. The van der Waals surface area contributed by atoms with Crippen LogP contribution in [0.1, 0.15) is 16.2 Å². The molecule has 1 amide bonds. The van der Waals surface area contributed by atoms with Crippen molar-refractivity contribution in [2.45, 2.75) is 6.18 Å². The van der Waals surface area contributed by atoms with Gasteiger partial charge in [0.25, 0.3) is 5.91 Å². The second-order valence-electron chi connectivity index (χ2n) is 4.94. The van der Waals surface area contributed by atoms with Gasteiger partial charge in [0.05, 0.1) is 11.9 Å². The number of alkyl halides is 3. The molecule has 2 N–H and O–H groups in total. The summed E-state index contributed by atoms with van der Waals surface area (Å²) >= 11 is 0. The van der Waals surface area contributed by atoms with Crippen LogP contribution in [0.15, 0.2) is 36.9 Å². The first kappa shape index (κ1) is 15.7. The topological polar surface area (TPSA) is 91.6 Å². The maximum Gasteiger partial charge on any atom is 0.435 e. The zero-order chi connectivity index (χ0) is 17.5. The third-order valence-electron chi connectivity index (χ3n) is 3.33. The Morgan fingerprint density at radius 1 is 1.29 bits per heavy atom. The van der Waals surface area contributed by atoms with Gasteiger partial charge < -0.3 is 5.73 Å². The Morgan fingerprint density at radius 3 is 2.62 bits per heavy atom. The molecule has 0 aliphatic carbocycles. The van der Waals surface area contributed by atoms with Gasteiger partial charge in [-0.05, 0) is 12.1 Å². The van der Waals surface area contributed by atoms with Gasteiger partial charge in [0.1, 0.15) is 5.69 Å². The first-order valence-electron chi connectivity index (χ1n) is 6.68. The number of halogens is 3. The highest BCUT2D eigenvalue weighted by molar-refractivity contribution is 5.99. The van der Waals surface area contributed by atoms with Crippen LogP contribution >= 0.6 is 0 Å². The van der Waals surface area contributed by atoms with Gasteiger partial charge >= 0.3 is 6.18 Å². The van der Waals surface area contributed by atoms with Crippen molar-refractivity contribution < 1.29 is 18.0 Å². The first-order chi connectivity index (χ1) is 11.3. The fourth-order valence-electron chi connectivity index (χ4n) is 2.39. The number of nitrogens with two attached hydrogens (primary N) is 1. The summed E-state index contributed by atoms with van der Waals surface area (Å²) in [5.74, 6) is -1.01. The summed E-state index contributed by atoms with van der Waals surface area (Å²) in [6.07, 6.45) is 1.04. The monoisotopic (exact) mass is 336 g/mol. The van der Waals surface area contributed by atoms with Crippen molar-refractivity contribution in [2.75, 3.05) is 0 Å². The van der Waals surface area contributed by atoms with Gasteiger partial charge in [0, 0.05) is 36.8 Å². The van der Waals surface area contributed by atoms with Crippen LogP contribution in [0, 0.1) is 0 Å². The SMILES string of the molecule is Cn1nc(C(F)(F)F)c(-c2cncc(-n3cccn3)c2)c1C(N)=O. The summed E-state index contributed by atoms with van der Waals surface area (Å²) in [4.78, 5) is 15.6. The fraction of sp³-hybridized carbons (Fsp3) is 0.143. The van der Waals surface area contributed by atoms with Crippen molar-refractivity contribution in [3.63, 3.8) is 0 Å². The molecule has 0 radical (unpaired) electrons. The lowest BCUT2D eigenvalue weighted by Crippen LogP contribution is -2.17. The lowest BCUT2D eigenvalue weighted by molar-refractivity contribution is -0.140. The summed E-state index contributed by atoms with van der Waals surface area (Å²) in [5, 5.41) is 7.41. The highest BCUT2D eigenvalue weighted by atomic mass is 19.4. The number of carbonyl (C=O) groups is 1. The third kappa shape index (κ3) is 2.62. The zero-order valence-corrected chi connectivity index (χ0v) is 12.3. The van der Waals surface area contributed by atoms with Crippen LogP contribution in [-0.4, -0.2) is 30.5 Å². The van der Waals surface area contributed by atoms with E-state index in [0.29, 0.717) is 5.69 Å². The molecule has 124 valence electrons. The normalized spacial score (nSPS) is 11.7. The fourth-order valence-corrected chi connectivity index (χ4v) is 2.39. The maximum atomic E-state index is 13.3. The standard InChI is InChI=1S/C14H11F3N6O/c1-22-11(13(18)24)10(12(21-22)14(15,16)17)8-5-9(7-19-6-8)23-4-2-3-20-23/h2-7H,1H3,(H2,18,24). The molecule has 0 saturated carbocycles. The molecule has 0 bridgehead atoms. The van der Waals surface area contributed by atoms with Gasteiger partial charge in [-0.2, -0.15) is 23.4 Å². The number of hydrogen-bond acceptors (Lipinski definition) is 4. The average molecular weight is 336 g/mol. The minimum Gasteiger partial charge on any atom is -0.364 e. The van der Waals surface area contributed by atoms with Gasteiger partial charge in [-0.3, -0.25) is 14.5 Å². The molecule has 3 aromatic rings. The number of aryl methyl sites for hydroxylation is 1. The number of nitrogens with zero attached hydrogens (tertiary/aromatic N) is 5. The molecule has 3 rings (SSSR count). The van der Waals surface area contributed by atoms with E-state index in [4.69, 9.17) is 5.73 Å². The molecular formula is C14H11F3N6O. The number of amides is 1. The second kappa shape index (κ2) is 5.48. The summed E-state index contributed by atoms with van der Waals surface area (Å²) in [6.45, 7) is 0. The molecule has 24 heavy (non-hydrogen) atoms. The van der Waals surface area contributed by atoms with Crippen LogP contribution in [0.2, 0.25) is 0 Å². The first-order valence-corrected chi connectivity index (χ1v) is 6.68. The number of hydrogen-bond donors (Lipinski definition) is 1. The second-order valence-corrected chi connectivity index (χ2v) is 4.94. The zero-order valence-electron chi connectivity index (χ0n) is 12.3. The van der Waals surface area contributed by atoms with Crippen LogP contribution < -0.4 is 5.73 Å². The van der Waals surface area contributed by atoms with Crippen LogP contribution in [0.5, 0.6) is 0 Å². The number of primary amides is 1. The smallest absolute Gasteiger partial charge is 0.364 e. The molecule has 0 saturated heterocycles. The van der Waals surface area contributed by atoms with E-state index in [9.17, 15) is 18.0 Å². The van der Waals surface area contributed by atoms with Gasteiger partial charge in [0.15, 0.2) is 5.69 Å². The summed E-state index contributed by atoms with van der Waals surface area (Å²) in [6, 6.07) is 3.09. The van der Waals surface area contributed by atoms with E-state index in [-0.39, 0.29) is 11.3 Å². The summed E-state index contributed by atoms with van der Waals surface area (Å²) < 4.78 is 42.2. The van der Waals surface area contributed by atoms with E-state index in [0.717, 1.165) is 4.68 Å². The lowest BCUT2D eigenvalue weighted by Gasteiger charge is -2.09. The Hall–Kier alpha value is -3.17. The van der Waals surface area contributed by atoms with Crippen LogP contribution in [-0.2, 0) is 13.2 Å². The predicted molar refractivity (Wildman–Crippen MR) is 77.1 cm³/mol. The van der Waals surface area contributed by atoms with Gasteiger partial charge in [0.2, 0.25) is 0 Å². The minimum absolute atomic E-state index is 0.0669. The number of aromatic nitrogens is 5. The molecular weight excluding hydrogens is 325 g/mol. The maximum absolute atomic E-state index is 13.3. The molecule has 0 aliphatic rings. The van der Waals surface area contributed by atoms with E-state index in [1.54, 1.807) is 12.3 Å². The summed E-state index contributed by atoms with van der Waals surface area (Å²) in [5.41, 5.74) is 3.79. The Bertz CT molecular complexity index is 898. The molecule has 0 spiro atoms. The van der Waals surface area contributed by atoms with Crippen LogP contribution in [0.25, 0.3) is 16.8 Å². The van der Waals surface area contributed by atoms with E-state index in [2.05, 4.69) is 15.2 Å². The average Bonchev–Trinajstić information content (AvgIpc) is 3.13. The Balaban J connectivity index is 2.26. The van der Waals surface area contributed by atoms with Crippen molar-refractivity contribution in [2.24, 2.45) is 12.8 Å². The molecule has 0 atom stereocenters. The largest absolute Gasteiger partial charge is 0.435 e. The van der Waals surface area contributed by atoms with Crippen LogP contribution in [0.4, 0.5) is 13.2 Å². The van der Waals surface area contributed by atoms with E-state index in [1.807, 2.05) is 0 Å². The van der Waals surface area contributed by atoms with Crippen molar-refractivity contribution in [3.8, 4) is 16.8 Å². The van der Waals surface area contributed by atoms with Crippen molar-refractivity contribution in [1.29, 1.82) is 0 Å². The molecule has 7 nitrogen and oxygen atoms in total. The Labute approximate surface area is 133 Å². The van der Waals surface area contributed by atoms with Crippen molar-refractivity contribution in [3.05, 3.63) is 48.3 Å². The highest BCUT2D eigenvalue weighted by Crippen LogP contribution is 2.38. The van der Waals surface area contributed by atoms with Gasteiger partial charge in [-0.1, -0.05) is 0 Å². The van der Waals surface area contributed by atoms with E-state index in [1.165, 1.54) is 36.4 Å². The summed E-state index contributed by atoms with van der Waals surface area (Å²) in [7, 11) is 1.23. The number of rotatable bonds is 3. The minimum atomic E-state index is -4.75. The van der Waals surface area contributed by atoms with E-state index >= 15 is 0 Å². The molecule has 10 heteroatoms. The van der Waals surface area contributed by atoms with Crippen molar-refractivity contribution >= 4 is 5.91 Å². The highest BCUT2D eigenvalue weighted by Gasteiger charge is 2.40. The Kier molecular flexibility index (Phi) is 3.59. The van der Waals surface area contributed by atoms with Gasteiger partial charge in [-0.25, -0.2) is 4.68 Å². The van der Waals surface area contributed by atoms with Crippen LogP contribution in [0.3, 0.4) is 0 Å². The Morgan fingerprint density at radius 2 is 2.04 bits per heavy atom. The van der Waals surface area contributed by atoms with E-state index < -0.39 is 23.3 Å². The lowest BCUT2D eigenvalue weighted by atomic mass is 10.0. The third-order valence-corrected chi connectivity index (χ3v) is 3.33. The molecule has 3 aromatic heterocycles. The van der Waals surface area contributed by atoms with Gasteiger partial charge in [-0.15, -0.1) is 0 Å². The number of pyridine rings is 1. The van der Waals surface area contributed by atoms with Crippen molar-refractivity contribution in [1.82, 2.24) is 24.5 Å². The molecule has 3 heterocycles.